The normalized spacial score (nSPS) is 9.13. The average molecular weight is 229 g/mol. The molecule has 1 N–H and O–H groups in total. The van der Waals surface area contributed by atoms with Gasteiger partial charge in [-0.2, -0.15) is 5.26 Å². The zero-order valence-corrected chi connectivity index (χ0v) is 8.21. The molecule has 0 aliphatic carbocycles. The Morgan fingerprint density at radius 2 is 2.40 bits per heavy atom. The van der Waals surface area contributed by atoms with E-state index in [2.05, 4.69) is 0 Å². The van der Waals surface area contributed by atoms with Gasteiger partial charge in [-0.1, -0.05) is 11.6 Å². The number of halogens is 2. The first-order chi connectivity index (χ1) is 7.13. The Balaban J connectivity index is 2.59. The van der Waals surface area contributed by atoms with E-state index in [4.69, 9.17) is 21.6 Å². The molecule has 0 unspecified atom stereocenters. The number of carbonyl (C=O) groups excluding carboxylic acids is 1. The molecule has 0 spiro atoms. The Labute approximate surface area is 90.2 Å². The fourth-order valence-corrected chi connectivity index (χ4v) is 1.06. The molecule has 15 heavy (non-hydrogen) atoms. The molecular weight excluding hydrogens is 223 g/mol. The number of ether oxygens (including phenoxy) is 1. The van der Waals surface area contributed by atoms with Crippen LogP contribution in [0, 0.1) is 17.3 Å². The Morgan fingerprint density at radius 1 is 1.67 bits per heavy atom. The minimum atomic E-state index is -0.599. The number of benzene rings is 1. The molecule has 0 fully saturated rings. The van der Waals surface area contributed by atoms with Gasteiger partial charge < -0.3 is 4.74 Å². The molecule has 1 rings (SSSR count). The third-order valence-electron chi connectivity index (χ3n) is 1.45. The molecule has 78 valence electrons. The van der Waals surface area contributed by atoms with Crippen molar-refractivity contribution >= 4 is 17.5 Å². The molecule has 0 saturated heterocycles. The van der Waals surface area contributed by atoms with Crippen molar-refractivity contribution in [1.82, 2.24) is 5.32 Å². The van der Waals surface area contributed by atoms with Crippen molar-refractivity contribution in [3.05, 3.63) is 29.0 Å². The van der Waals surface area contributed by atoms with Crippen molar-refractivity contribution in [2.45, 2.75) is 0 Å². The molecule has 0 radical (unpaired) electrons. The fourth-order valence-electron chi connectivity index (χ4n) is 0.834. The highest BCUT2D eigenvalue weighted by molar-refractivity contribution is 6.32. The van der Waals surface area contributed by atoms with E-state index in [1.807, 2.05) is 5.32 Å². The lowest BCUT2D eigenvalue weighted by molar-refractivity contribution is -0.121. The molecule has 0 aliphatic rings. The summed E-state index contributed by atoms with van der Waals surface area (Å²) < 4.78 is 17.5. The first-order valence-corrected chi connectivity index (χ1v) is 4.27. The van der Waals surface area contributed by atoms with Crippen LogP contribution in [0.2, 0.25) is 5.02 Å². The van der Waals surface area contributed by atoms with Gasteiger partial charge in [0.1, 0.15) is 11.6 Å². The van der Waals surface area contributed by atoms with Gasteiger partial charge in [-0.15, -0.1) is 0 Å². The molecule has 0 saturated carbocycles. The Morgan fingerprint density at radius 3 is 3.00 bits per heavy atom. The summed E-state index contributed by atoms with van der Waals surface area (Å²) in [5.74, 6) is -0.905. The number of nitriles is 1. The number of rotatable bonds is 3. The summed E-state index contributed by atoms with van der Waals surface area (Å²) in [6.07, 6.45) is 1.45. The Bertz CT molecular complexity index is 417. The zero-order valence-electron chi connectivity index (χ0n) is 7.46. The minimum Gasteiger partial charge on any atom is -0.482 e. The SMILES string of the molecule is N#CNC(=O)COc1ccc(F)cc1Cl. The van der Waals surface area contributed by atoms with E-state index in [9.17, 15) is 9.18 Å². The highest BCUT2D eigenvalue weighted by atomic mass is 35.5. The van der Waals surface area contributed by atoms with Gasteiger partial charge in [0, 0.05) is 0 Å². The third-order valence-corrected chi connectivity index (χ3v) is 1.74. The van der Waals surface area contributed by atoms with E-state index in [1.54, 1.807) is 0 Å². The first kappa shape index (κ1) is 11.3. The summed E-state index contributed by atoms with van der Waals surface area (Å²) in [6, 6.07) is 3.53. The van der Waals surface area contributed by atoms with Crippen LogP contribution in [0.3, 0.4) is 0 Å². The summed E-state index contributed by atoms with van der Waals surface area (Å²) in [7, 11) is 0. The zero-order chi connectivity index (χ0) is 11.3. The third kappa shape index (κ3) is 3.44. The smallest absolute Gasteiger partial charge is 0.270 e. The van der Waals surface area contributed by atoms with Crippen molar-refractivity contribution in [3.8, 4) is 11.9 Å². The number of nitrogens with one attached hydrogen (secondary N) is 1. The van der Waals surface area contributed by atoms with E-state index < -0.39 is 11.7 Å². The largest absolute Gasteiger partial charge is 0.482 e. The van der Waals surface area contributed by atoms with Gasteiger partial charge in [0.25, 0.3) is 5.91 Å². The predicted octanol–water partition coefficient (Wildman–Crippen LogP) is 1.46. The van der Waals surface area contributed by atoms with Gasteiger partial charge in [0.2, 0.25) is 0 Å². The summed E-state index contributed by atoms with van der Waals surface area (Å²) in [6.45, 7) is -0.348. The van der Waals surface area contributed by atoms with Gasteiger partial charge in [-0.3, -0.25) is 10.1 Å². The minimum absolute atomic E-state index is 0.0692. The van der Waals surface area contributed by atoms with Crippen LogP contribution < -0.4 is 10.1 Å². The monoisotopic (exact) mass is 228 g/mol. The Hall–Kier alpha value is -1.80. The van der Waals surface area contributed by atoms with Crippen LogP contribution in [0.25, 0.3) is 0 Å². The second kappa shape index (κ2) is 5.17. The van der Waals surface area contributed by atoms with Crippen LogP contribution in [0.15, 0.2) is 18.2 Å². The topological polar surface area (TPSA) is 62.1 Å². The van der Waals surface area contributed by atoms with Crippen molar-refractivity contribution in [2.75, 3.05) is 6.61 Å². The molecule has 0 bridgehead atoms. The molecule has 0 aromatic heterocycles. The molecule has 0 atom stereocenters. The molecule has 6 heteroatoms. The number of hydrogen-bond donors (Lipinski definition) is 1. The van der Waals surface area contributed by atoms with E-state index in [1.165, 1.54) is 12.3 Å². The second-order valence-electron chi connectivity index (χ2n) is 2.52. The van der Waals surface area contributed by atoms with Crippen LogP contribution >= 0.6 is 11.6 Å². The molecule has 4 nitrogen and oxygen atoms in total. The van der Waals surface area contributed by atoms with Gasteiger partial charge >= 0.3 is 0 Å². The Kier molecular flexibility index (Phi) is 3.89. The van der Waals surface area contributed by atoms with Crippen molar-refractivity contribution in [1.29, 1.82) is 5.26 Å². The first-order valence-electron chi connectivity index (χ1n) is 3.89. The summed E-state index contributed by atoms with van der Waals surface area (Å²) >= 11 is 5.63. The molecular formula is C9H6ClFN2O2. The van der Waals surface area contributed by atoms with E-state index >= 15 is 0 Å². The van der Waals surface area contributed by atoms with Crippen molar-refractivity contribution in [3.63, 3.8) is 0 Å². The summed E-state index contributed by atoms with van der Waals surface area (Å²) in [4.78, 5) is 10.8. The number of amides is 1. The fraction of sp³-hybridized carbons (Fsp3) is 0.111. The van der Waals surface area contributed by atoms with E-state index in [0.717, 1.165) is 12.1 Å². The van der Waals surface area contributed by atoms with Gasteiger partial charge in [0.05, 0.1) is 5.02 Å². The van der Waals surface area contributed by atoms with Crippen molar-refractivity contribution in [2.24, 2.45) is 0 Å². The lowest BCUT2D eigenvalue weighted by Gasteiger charge is -2.05. The number of carbonyl (C=O) groups is 1. The molecule has 1 aromatic rings. The van der Waals surface area contributed by atoms with Crippen LogP contribution in [0.4, 0.5) is 4.39 Å². The van der Waals surface area contributed by atoms with Crippen LogP contribution in [0.5, 0.6) is 5.75 Å². The van der Waals surface area contributed by atoms with Gasteiger partial charge in [0.15, 0.2) is 12.8 Å². The molecule has 0 aliphatic heterocycles. The number of nitrogens with zero attached hydrogens (tertiary/aromatic N) is 1. The summed E-state index contributed by atoms with van der Waals surface area (Å²) in [5, 5.41) is 10.1. The quantitative estimate of drug-likeness (QED) is 0.629. The molecule has 0 heterocycles. The number of hydrogen-bond acceptors (Lipinski definition) is 3. The van der Waals surface area contributed by atoms with Crippen LogP contribution in [0.1, 0.15) is 0 Å². The maximum absolute atomic E-state index is 12.6. The molecule has 1 amide bonds. The van der Waals surface area contributed by atoms with Gasteiger partial charge in [-0.25, -0.2) is 4.39 Å². The maximum atomic E-state index is 12.6. The highest BCUT2D eigenvalue weighted by Gasteiger charge is 2.05. The van der Waals surface area contributed by atoms with E-state index in [0.29, 0.717) is 0 Å². The standard InChI is InChI=1S/C9H6ClFN2O2/c10-7-3-6(11)1-2-8(7)15-4-9(14)13-5-12/h1-3H,4H2,(H,13,14). The van der Waals surface area contributed by atoms with E-state index in [-0.39, 0.29) is 17.4 Å². The second-order valence-corrected chi connectivity index (χ2v) is 2.93. The van der Waals surface area contributed by atoms with Crippen LogP contribution in [-0.2, 0) is 4.79 Å². The lowest BCUT2D eigenvalue weighted by atomic mass is 10.3. The molecule has 1 aromatic carbocycles. The predicted molar refractivity (Wildman–Crippen MR) is 50.7 cm³/mol. The maximum Gasteiger partial charge on any atom is 0.270 e. The van der Waals surface area contributed by atoms with Crippen molar-refractivity contribution < 1.29 is 13.9 Å². The van der Waals surface area contributed by atoms with Gasteiger partial charge in [-0.05, 0) is 18.2 Å². The average Bonchev–Trinajstić information content (AvgIpc) is 2.17. The lowest BCUT2D eigenvalue weighted by Crippen LogP contribution is -2.24. The van der Waals surface area contributed by atoms with Crippen LogP contribution in [-0.4, -0.2) is 12.5 Å². The summed E-state index contributed by atoms with van der Waals surface area (Å²) in [5.41, 5.74) is 0. The highest BCUT2D eigenvalue weighted by Crippen LogP contribution is 2.24.